The van der Waals surface area contributed by atoms with Gasteiger partial charge < -0.3 is 10.1 Å². The van der Waals surface area contributed by atoms with Crippen molar-refractivity contribution in [2.45, 2.75) is 18.2 Å². The molecule has 0 saturated heterocycles. The average molecular weight is 361 g/mol. The third-order valence-electron chi connectivity index (χ3n) is 3.45. The Bertz CT molecular complexity index is 890. The first-order chi connectivity index (χ1) is 11.8. The first kappa shape index (κ1) is 18.7. The molecule has 132 valence electrons. The van der Waals surface area contributed by atoms with E-state index < -0.39 is 28.3 Å². The van der Waals surface area contributed by atoms with Crippen LogP contribution in [0.3, 0.4) is 0 Å². The summed E-state index contributed by atoms with van der Waals surface area (Å²) in [7, 11) is -3.42. The minimum Gasteiger partial charge on any atom is -0.452 e. The van der Waals surface area contributed by atoms with Gasteiger partial charge >= 0.3 is 5.97 Å². The zero-order chi connectivity index (χ0) is 18.4. The van der Waals surface area contributed by atoms with Crippen molar-refractivity contribution in [1.82, 2.24) is 0 Å². The first-order valence-electron chi connectivity index (χ1n) is 7.65. The van der Waals surface area contributed by atoms with Crippen LogP contribution in [-0.2, 0) is 25.8 Å². The molecule has 7 heteroatoms. The van der Waals surface area contributed by atoms with Crippen LogP contribution < -0.4 is 5.32 Å². The zero-order valence-electron chi connectivity index (χ0n) is 14.0. The summed E-state index contributed by atoms with van der Waals surface area (Å²) in [6, 6.07) is 12.9. The summed E-state index contributed by atoms with van der Waals surface area (Å²) in [5, 5.41) is 2.65. The number of aryl methyl sites for hydroxylation is 1. The Morgan fingerprint density at radius 3 is 2.48 bits per heavy atom. The average Bonchev–Trinajstić information content (AvgIpc) is 2.59. The maximum absolute atomic E-state index is 12.0. The van der Waals surface area contributed by atoms with E-state index in [2.05, 4.69) is 5.32 Å². The number of ether oxygens (including phenoxy) is 1. The molecule has 0 radical (unpaired) electrons. The molecule has 0 aromatic heterocycles. The third kappa shape index (κ3) is 5.42. The number of rotatable bonds is 6. The minimum absolute atomic E-state index is 0.0165. The van der Waals surface area contributed by atoms with Crippen LogP contribution in [0.15, 0.2) is 53.4 Å². The van der Waals surface area contributed by atoms with Crippen LogP contribution in [0, 0.1) is 0 Å². The Morgan fingerprint density at radius 2 is 1.80 bits per heavy atom. The predicted octanol–water partition coefficient (Wildman–Crippen LogP) is 2.45. The van der Waals surface area contributed by atoms with Gasteiger partial charge in [-0.3, -0.25) is 4.79 Å². The molecule has 2 aromatic carbocycles. The van der Waals surface area contributed by atoms with Crippen LogP contribution in [0.25, 0.3) is 0 Å². The van der Waals surface area contributed by atoms with Gasteiger partial charge in [0.25, 0.3) is 5.91 Å². The van der Waals surface area contributed by atoms with E-state index >= 15 is 0 Å². The van der Waals surface area contributed by atoms with Crippen molar-refractivity contribution in [3.8, 4) is 0 Å². The summed E-state index contributed by atoms with van der Waals surface area (Å²) < 4.78 is 28.0. The van der Waals surface area contributed by atoms with E-state index in [1.54, 1.807) is 6.07 Å². The standard InChI is InChI=1S/C18H19NO5S/c1-3-13-6-4-8-15(10-13)19-17(20)12-24-18(21)14-7-5-9-16(11-14)25(2,22)23/h4-11H,3,12H2,1-2H3,(H,19,20). The van der Waals surface area contributed by atoms with E-state index in [0.29, 0.717) is 5.69 Å². The smallest absolute Gasteiger partial charge is 0.338 e. The van der Waals surface area contributed by atoms with Crippen LogP contribution in [0.4, 0.5) is 5.69 Å². The first-order valence-corrected chi connectivity index (χ1v) is 9.55. The molecule has 0 aliphatic carbocycles. The number of carbonyl (C=O) groups is 2. The number of carbonyl (C=O) groups excluding carboxylic acids is 2. The van der Waals surface area contributed by atoms with Crippen molar-refractivity contribution in [3.05, 3.63) is 59.7 Å². The predicted molar refractivity (Wildman–Crippen MR) is 94.3 cm³/mol. The number of amides is 1. The highest BCUT2D eigenvalue weighted by Crippen LogP contribution is 2.13. The van der Waals surface area contributed by atoms with Crippen LogP contribution in [0.5, 0.6) is 0 Å². The van der Waals surface area contributed by atoms with E-state index in [4.69, 9.17) is 4.74 Å². The fraction of sp³-hybridized carbons (Fsp3) is 0.222. The molecule has 1 N–H and O–H groups in total. The second-order valence-electron chi connectivity index (χ2n) is 5.48. The maximum atomic E-state index is 12.0. The number of hydrogen-bond acceptors (Lipinski definition) is 5. The molecule has 0 atom stereocenters. The van der Waals surface area contributed by atoms with Gasteiger partial charge in [-0.05, 0) is 42.3 Å². The maximum Gasteiger partial charge on any atom is 0.338 e. The largest absolute Gasteiger partial charge is 0.452 e. The lowest BCUT2D eigenvalue weighted by molar-refractivity contribution is -0.119. The van der Waals surface area contributed by atoms with Crippen molar-refractivity contribution in [3.63, 3.8) is 0 Å². The summed E-state index contributed by atoms with van der Waals surface area (Å²) in [5.41, 5.74) is 1.77. The molecular formula is C18H19NO5S. The number of sulfone groups is 1. The molecule has 25 heavy (non-hydrogen) atoms. The molecule has 0 bridgehead atoms. The van der Waals surface area contributed by atoms with Gasteiger partial charge in [0.15, 0.2) is 16.4 Å². The quantitative estimate of drug-likeness (QED) is 0.798. The molecule has 0 saturated carbocycles. The Morgan fingerprint density at radius 1 is 1.08 bits per heavy atom. The van der Waals surface area contributed by atoms with E-state index in [9.17, 15) is 18.0 Å². The van der Waals surface area contributed by atoms with Crippen molar-refractivity contribution in [2.24, 2.45) is 0 Å². The van der Waals surface area contributed by atoms with E-state index in [-0.39, 0.29) is 10.5 Å². The number of hydrogen-bond donors (Lipinski definition) is 1. The third-order valence-corrected chi connectivity index (χ3v) is 4.56. The molecule has 2 rings (SSSR count). The molecule has 6 nitrogen and oxygen atoms in total. The van der Waals surface area contributed by atoms with Gasteiger partial charge in [-0.1, -0.05) is 25.1 Å². The summed E-state index contributed by atoms with van der Waals surface area (Å²) >= 11 is 0. The Labute approximate surface area is 146 Å². The summed E-state index contributed by atoms with van der Waals surface area (Å²) in [4.78, 5) is 23.9. The fourth-order valence-corrected chi connectivity index (χ4v) is 2.80. The van der Waals surface area contributed by atoms with Gasteiger partial charge in [-0.15, -0.1) is 0 Å². The number of esters is 1. The lowest BCUT2D eigenvalue weighted by Gasteiger charge is -2.08. The molecule has 0 unspecified atom stereocenters. The van der Waals surface area contributed by atoms with Crippen LogP contribution in [-0.4, -0.2) is 33.2 Å². The van der Waals surface area contributed by atoms with Gasteiger partial charge in [-0.25, -0.2) is 13.2 Å². The second-order valence-corrected chi connectivity index (χ2v) is 7.49. The van der Waals surface area contributed by atoms with Gasteiger partial charge in [0.2, 0.25) is 0 Å². The molecule has 0 aliphatic rings. The number of nitrogens with one attached hydrogen (secondary N) is 1. The Balaban J connectivity index is 1.96. The van der Waals surface area contributed by atoms with E-state index in [1.807, 2.05) is 25.1 Å². The zero-order valence-corrected chi connectivity index (χ0v) is 14.8. The highest BCUT2D eigenvalue weighted by Gasteiger charge is 2.14. The summed E-state index contributed by atoms with van der Waals surface area (Å²) in [6.07, 6.45) is 1.89. The normalized spacial score (nSPS) is 11.0. The monoisotopic (exact) mass is 361 g/mol. The van der Waals surface area contributed by atoms with E-state index in [1.165, 1.54) is 24.3 Å². The lowest BCUT2D eigenvalue weighted by Crippen LogP contribution is -2.21. The van der Waals surface area contributed by atoms with Crippen molar-refractivity contribution >= 4 is 27.4 Å². The fourth-order valence-electron chi connectivity index (χ4n) is 2.13. The Hall–Kier alpha value is -2.67. The summed E-state index contributed by atoms with van der Waals surface area (Å²) in [6.45, 7) is 1.55. The lowest BCUT2D eigenvalue weighted by atomic mass is 10.1. The van der Waals surface area contributed by atoms with Gasteiger partial charge in [0.05, 0.1) is 10.5 Å². The molecular weight excluding hydrogens is 342 g/mol. The van der Waals surface area contributed by atoms with Crippen LogP contribution in [0.1, 0.15) is 22.8 Å². The topological polar surface area (TPSA) is 89.5 Å². The highest BCUT2D eigenvalue weighted by atomic mass is 32.2. The van der Waals surface area contributed by atoms with Crippen molar-refractivity contribution in [2.75, 3.05) is 18.2 Å². The molecule has 0 spiro atoms. The highest BCUT2D eigenvalue weighted by molar-refractivity contribution is 7.90. The minimum atomic E-state index is -3.42. The van der Waals surface area contributed by atoms with Gasteiger partial charge in [0.1, 0.15) is 0 Å². The van der Waals surface area contributed by atoms with Gasteiger partial charge in [0, 0.05) is 11.9 Å². The summed E-state index contributed by atoms with van der Waals surface area (Å²) in [5.74, 6) is -1.23. The second kappa shape index (κ2) is 7.94. The molecule has 2 aromatic rings. The molecule has 0 aliphatic heterocycles. The van der Waals surface area contributed by atoms with Crippen molar-refractivity contribution < 1.29 is 22.7 Å². The van der Waals surface area contributed by atoms with Crippen LogP contribution >= 0.6 is 0 Å². The molecule has 1 amide bonds. The number of benzene rings is 2. The van der Waals surface area contributed by atoms with Gasteiger partial charge in [-0.2, -0.15) is 0 Å². The Kier molecular flexibility index (Phi) is 5.93. The van der Waals surface area contributed by atoms with E-state index in [0.717, 1.165) is 18.2 Å². The SMILES string of the molecule is CCc1cccc(NC(=O)COC(=O)c2cccc(S(C)(=O)=O)c2)c1. The molecule has 0 fully saturated rings. The molecule has 0 heterocycles. The van der Waals surface area contributed by atoms with Crippen LogP contribution in [0.2, 0.25) is 0 Å². The van der Waals surface area contributed by atoms with Crippen molar-refractivity contribution in [1.29, 1.82) is 0 Å². The number of anilines is 1.